The summed E-state index contributed by atoms with van der Waals surface area (Å²) >= 11 is 3.29. The van der Waals surface area contributed by atoms with E-state index in [1.807, 2.05) is 6.07 Å². The highest BCUT2D eigenvalue weighted by atomic mass is 79.9. The van der Waals surface area contributed by atoms with E-state index in [0.29, 0.717) is 11.3 Å². The Bertz CT molecular complexity index is 701. The Morgan fingerprint density at radius 2 is 1.95 bits per heavy atom. The molecule has 0 aliphatic rings. The third-order valence-corrected chi connectivity index (χ3v) is 3.41. The SMILES string of the molecule is N#Cc1ccc(Br)cc1NCC(O)c1ccc(F)c(F)c1. The number of halogens is 3. The zero-order valence-electron chi connectivity index (χ0n) is 10.8. The molecule has 2 aromatic rings. The van der Waals surface area contributed by atoms with Crippen LogP contribution in [0.4, 0.5) is 14.5 Å². The number of rotatable bonds is 4. The predicted molar refractivity (Wildman–Crippen MR) is 78.7 cm³/mol. The molecule has 0 spiro atoms. The molecule has 21 heavy (non-hydrogen) atoms. The first-order chi connectivity index (χ1) is 10.0. The van der Waals surface area contributed by atoms with Crippen molar-refractivity contribution in [2.45, 2.75) is 6.10 Å². The van der Waals surface area contributed by atoms with Gasteiger partial charge in [-0.2, -0.15) is 5.26 Å². The fourth-order valence-electron chi connectivity index (χ4n) is 1.80. The zero-order chi connectivity index (χ0) is 15.4. The van der Waals surface area contributed by atoms with E-state index in [-0.39, 0.29) is 12.1 Å². The molecule has 0 fully saturated rings. The second-order valence-electron chi connectivity index (χ2n) is 4.37. The van der Waals surface area contributed by atoms with Gasteiger partial charge in [0.1, 0.15) is 6.07 Å². The molecule has 0 aliphatic carbocycles. The average Bonchev–Trinajstić information content (AvgIpc) is 2.47. The number of hydrogen-bond donors (Lipinski definition) is 2. The van der Waals surface area contributed by atoms with E-state index in [2.05, 4.69) is 21.2 Å². The minimum Gasteiger partial charge on any atom is -0.387 e. The maximum absolute atomic E-state index is 13.1. The van der Waals surface area contributed by atoms with Crippen molar-refractivity contribution in [2.75, 3.05) is 11.9 Å². The lowest BCUT2D eigenvalue weighted by atomic mass is 10.1. The highest BCUT2D eigenvalue weighted by Crippen LogP contribution is 2.22. The Balaban J connectivity index is 2.11. The van der Waals surface area contributed by atoms with Crippen molar-refractivity contribution >= 4 is 21.6 Å². The van der Waals surface area contributed by atoms with E-state index in [1.54, 1.807) is 18.2 Å². The quantitative estimate of drug-likeness (QED) is 0.880. The molecular formula is C15H11BrF2N2O. The van der Waals surface area contributed by atoms with E-state index in [9.17, 15) is 13.9 Å². The summed E-state index contributed by atoms with van der Waals surface area (Å²) < 4.78 is 26.7. The molecule has 0 heterocycles. The lowest BCUT2D eigenvalue weighted by Crippen LogP contribution is -2.13. The predicted octanol–water partition coefficient (Wildman–Crippen LogP) is 3.74. The van der Waals surface area contributed by atoms with Crippen LogP contribution in [0.1, 0.15) is 17.2 Å². The summed E-state index contributed by atoms with van der Waals surface area (Å²) in [6.07, 6.45) is -1.02. The van der Waals surface area contributed by atoms with Gasteiger partial charge in [-0.05, 0) is 35.9 Å². The molecule has 0 saturated carbocycles. The highest BCUT2D eigenvalue weighted by Gasteiger charge is 2.12. The highest BCUT2D eigenvalue weighted by molar-refractivity contribution is 9.10. The van der Waals surface area contributed by atoms with Crippen molar-refractivity contribution in [1.29, 1.82) is 5.26 Å². The molecule has 0 radical (unpaired) electrons. The molecule has 2 aromatic carbocycles. The Kier molecular flexibility index (Phi) is 4.89. The van der Waals surface area contributed by atoms with E-state index >= 15 is 0 Å². The maximum Gasteiger partial charge on any atom is 0.159 e. The summed E-state index contributed by atoms with van der Waals surface area (Å²) in [6.45, 7) is 0.0657. The van der Waals surface area contributed by atoms with Crippen molar-refractivity contribution in [2.24, 2.45) is 0 Å². The third kappa shape index (κ3) is 3.78. The average molecular weight is 353 g/mol. The smallest absolute Gasteiger partial charge is 0.159 e. The van der Waals surface area contributed by atoms with Gasteiger partial charge in [0.2, 0.25) is 0 Å². The molecule has 1 atom stereocenters. The summed E-state index contributed by atoms with van der Waals surface area (Å²) in [4.78, 5) is 0. The van der Waals surface area contributed by atoms with Gasteiger partial charge in [0, 0.05) is 11.0 Å². The van der Waals surface area contributed by atoms with Crippen molar-refractivity contribution in [3.05, 3.63) is 63.6 Å². The number of anilines is 1. The molecule has 0 bridgehead atoms. The van der Waals surface area contributed by atoms with Crippen LogP contribution in [0.25, 0.3) is 0 Å². The van der Waals surface area contributed by atoms with Gasteiger partial charge in [0.05, 0.1) is 17.4 Å². The van der Waals surface area contributed by atoms with Crippen molar-refractivity contribution in [3.63, 3.8) is 0 Å². The molecule has 2 N–H and O–H groups in total. The van der Waals surface area contributed by atoms with Crippen LogP contribution in [0.15, 0.2) is 40.9 Å². The van der Waals surface area contributed by atoms with Crippen molar-refractivity contribution < 1.29 is 13.9 Å². The van der Waals surface area contributed by atoms with Gasteiger partial charge in [-0.25, -0.2) is 8.78 Å². The van der Waals surface area contributed by atoms with Crippen molar-refractivity contribution in [3.8, 4) is 6.07 Å². The molecule has 3 nitrogen and oxygen atoms in total. The molecule has 2 rings (SSSR count). The van der Waals surface area contributed by atoms with Crippen LogP contribution < -0.4 is 5.32 Å². The van der Waals surface area contributed by atoms with Crippen LogP contribution >= 0.6 is 15.9 Å². The molecular weight excluding hydrogens is 342 g/mol. The summed E-state index contributed by atoms with van der Waals surface area (Å²) in [5.74, 6) is -1.97. The second kappa shape index (κ2) is 6.66. The number of hydrogen-bond acceptors (Lipinski definition) is 3. The third-order valence-electron chi connectivity index (χ3n) is 2.92. The first-order valence-corrected chi connectivity index (χ1v) is 6.87. The van der Waals surface area contributed by atoms with Crippen LogP contribution in [0.3, 0.4) is 0 Å². The summed E-state index contributed by atoms with van der Waals surface area (Å²) in [6, 6.07) is 10.3. The van der Waals surface area contributed by atoms with Gasteiger partial charge >= 0.3 is 0 Å². The first kappa shape index (κ1) is 15.4. The summed E-state index contributed by atoms with van der Waals surface area (Å²) in [5.41, 5.74) is 1.24. The number of nitriles is 1. The van der Waals surface area contributed by atoms with E-state index in [4.69, 9.17) is 5.26 Å². The molecule has 108 valence electrons. The standard InChI is InChI=1S/C15H11BrF2N2O/c16-11-3-1-10(7-19)14(6-11)20-8-15(21)9-2-4-12(17)13(18)5-9/h1-6,15,20-21H,8H2. The van der Waals surface area contributed by atoms with E-state index in [0.717, 1.165) is 16.6 Å². The van der Waals surface area contributed by atoms with Gasteiger partial charge < -0.3 is 10.4 Å². The molecule has 0 amide bonds. The largest absolute Gasteiger partial charge is 0.387 e. The number of benzene rings is 2. The zero-order valence-corrected chi connectivity index (χ0v) is 12.4. The normalized spacial score (nSPS) is 11.8. The van der Waals surface area contributed by atoms with Crippen molar-refractivity contribution in [1.82, 2.24) is 0 Å². The van der Waals surface area contributed by atoms with Crippen LogP contribution in [-0.2, 0) is 0 Å². The van der Waals surface area contributed by atoms with Crippen LogP contribution in [0, 0.1) is 23.0 Å². The molecule has 0 aromatic heterocycles. The first-order valence-electron chi connectivity index (χ1n) is 6.08. The van der Waals surface area contributed by atoms with Gasteiger partial charge in [-0.3, -0.25) is 0 Å². The fraction of sp³-hybridized carbons (Fsp3) is 0.133. The van der Waals surface area contributed by atoms with Crippen LogP contribution in [-0.4, -0.2) is 11.7 Å². The Morgan fingerprint density at radius 1 is 1.19 bits per heavy atom. The van der Waals surface area contributed by atoms with Crippen LogP contribution in [0.2, 0.25) is 0 Å². The Hall–Kier alpha value is -1.97. The van der Waals surface area contributed by atoms with Crippen LogP contribution in [0.5, 0.6) is 0 Å². The number of nitrogens with one attached hydrogen (secondary N) is 1. The summed E-state index contributed by atoms with van der Waals surface area (Å²) in [5, 5.41) is 21.9. The topological polar surface area (TPSA) is 56.0 Å². The maximum atomic E-state index is 13.1. The molecule has 0 saturated heterocycles. The fourth-order valence-corrected chi connectivity index (χ4v) is 2.17. The molecule has 1 unspecified atom stereocenters. The van der Waals surface area contributed by atoms with E-state index < -0.39 is 17.7 Å². The minimum absolute atomic E-state index is 0.0657. The number of nitrogens with zero attached hydrogens (tertiary/aromatic N) is 1. The monoisotopic (exact) mass is 352 g/mol. The second-order valence-corrected chi connectivity index (χ2v) is 5.29. The van der Waals surface area contributed by atoms with E-state index in [1.165, 1.54) is 6.07 Å². The van der Waals surface area contributed by atoms with Gasteiger partial charge in [0.25, 0.3) is 0 Å². The lowest BCUT2D eigenvalue weighted by Gasteiger charge is -2.14. The molecule has 0 aliphatic heterocycles. The Morgan fingerprint density at radius 3 is 2.62 bits per heavy atom. The lowest BCUT2D eigenvalue weighted by molar-refractivity contribution is 0.191. The molecule has 6 heteroatoms. The number of aliphatic hydroxyl groups is 1. The Labute approximate surface area is 129 Å². The van der Waals surface area contributed by atoms with Gasteiger partial charge in [-0.15, -0.1) is 0 Å². The minimum atomic E-state index is -1.02. The summed E-state index contributed by atoms with van der Waals surface area (Å²) in [7, 11) is 0. The van der Waals surface area contributed by atoms with Gasteiger partial charge in [-0.1, -0.05) is 22.0 Å². The number of aliphatic hydroxyl groups excluding tert-OH is 1. The van der Waals surface area contributed by atoms with Gasteiger partial charge in [0.15, 0.2) is 11.6 Å².